The zero-order valence-corrected chi connectivity index (χ0v) is 16.4. The Morgan fingerprint density at radius 3 is 2.50 bits per heavy atom. The van der Waals surface area contributed by atoms with E-state index >= 15 is 0 Å². The molecule has 0 fully saturated rings. The summed E-state index contributed by atoms with van der Waals surface area (Å²) in [4.78, 5) is 0. The van der Waals surface area contributed by atoms with Crippen molar-refractivity contribution in [1.29, 1.82) is 0 Å². The van der Waals surface area contributed by atoms with Crippen LogP contribution in [0.5, 0.6) is 0 Å². The summed E-state index contributed by atoms with van der Waals surface area (Å²) in [6, 6.07) is 11.5. The van der Waals surface area contributed by atoms with Gasteiger partial charge in [0.2, 0.25) is 0 Å². The standard InChI is InChI=1S/C19H21Cl2N3O2/c1-12-19(22-14(10-25-2)11-26-3)18-6-4-5-17(24(18)23-12)15-8-7-13(20)9-16(15)21/h4-9,14,22H,10-11H2,1-3H3. The van der Waals surface area contributed by atoms with E-state index in [9.17, 15) is 0 Å². The van der Waals surface area contributed by atoms with Crippen LogP contribution in [-0.2, 0) is 9.47 Å². The number of rotatable bonds is 7. The molecule has 3 aromatic rings. The second-order valence-corrected chi connectivity index (χ2v) is 6.89. The van der Waals surface area contributed by atoms with Crippen molar-refractivity contribution in [3.05, 3.63) is 52.1 Å². The maximum absolute atomic E-state index is 6.40. The van der Waals surface area contributed by atoms with E-state index < -0.39 is 0 Å². The molecule has 3 rings (SSSR count). The largest absolute Gasteiger partial charge is 0.382 e. The molecular formula is C19H21Cl2N3O2. The summed E-state index contributed by atoms with van der Waals surface area (Å²) in [5, 5.41) is 9.39. The van der Waals surface area contributed by atoms with Crippen LogP contribution >= 0.6 is 23.2 Å². The Bertz CT molecular complexity index is 905. The van der Waals surface area contributed by atoms with E-state index in [1.807, 2.05) is 41.8 Å². The van der Waals surface area contributed by atoms with Crippen LogP contribution in [0.2, 0.25) is 10.0 Å². The molecule has 0 aliphatic rings. The van der Waals surface area contributed by atoms with E-state index in [4.69, 9.17) is 37.8 Å². The molecule has 0 unspecified atom stereocenters. The third-order valence-electron chi connectivity index (χ3n) is 4.12. The molecule has 7 heteroatoms. The van der Waals surface area contributed by atoms with Gasteiger partial charge in [0.25, 0.3) is 0 Å². The third-order valence-corrected chi connectivity index (χ3v) is 4.67. The second kappa shape index (κ2) is 8.27. The Kier molecular flexibility index (Phi) is 6.04. The van der Waals surface area contributed by atoms with Gasteiger partial charge < -0.3 is 14.8 Å². The second-order valence-electron chi connectivity index (χ2n) is 6.04. The lowest BCUT2D eigenvalue weighted by molar-refractivity contribution is 0.126. The van der Waals surface area contributed by atoms with Gasteiger partial charge in [0, 0.05) is 24.8 Å². The molecule has 1 N–H and O–H groups in total. The van der Waals surface area contributed by atoms with Crippen molar-refractivity contribution in [2.75, 3.05) is 32.8 Å². The molecule has 0 aliphatic heterocycles. The fourth-order valence-corrected chi connectivity index (χ4v) is 3.51. The van der Waals surface area contributed by atoms with Crippen LogP contribution < -0.4 is 5.32 Å². The lowest BCUT2D eigenvalue weighted by atomic mass is 10.1. The van der Waals surface area contributed by atoms with Crippen LogP contribution in [0.1, 0.15) is 5.69 Å². The topological polar surface area (TPSA) is 47.8 Å². The molecule has 2 aromatic heterocycles. The molecule has 138 valence electrons. The summed E-state index contributed by atoms with van der Waals surface area (Å²) in [6.07, 6.45) is 0. The smallest absolute Gasteiger partial charge is 0.0903 e. The fraction of sp³-hybridized carbons (Fsp3) is 0.316. The van der Waals surface area contributed by atoms with Crippen molar-refractivity contribution in [3.63, 3.8) is 0 Å². The maximum atomic E-state index is 6.40. The van der Waals surface area contributed by atoms with Crippen molar-refractivity contribution in [3.8, 4) is 11.3 Å². The first-order valence-electron chi connectivity index (χ1n) is 8.23. The molecule has 0 bridgehead atoms. The number of pyridine rings is 1. The van der Waals surface area contributed by atoms with Gasteiger partial charge in [-0.3, -0.25) is 0 Å². The van der Waals surface area contributed by atoms with Gasteiger partial charge in [0.15, 0.2) is 0 Å². The van der Waals surface area contributed by atoms with Gasteiger partial charge in [-0.1, -0.05) is 29.3 Å². The average molecular weight is 394 g/mol. The number of aryl methyl sites for hydroxylation is 1. The number of aromatic nitrogens is 2. The Morgan fingerprint density at radius 2 is 1.85 bits per heavy atom. The molecular weight excluding hydrogens is 373 g/mol. The molecule has 26 heavy (non-hydrogen) atoms. The highest BCUT2D eigenvalue weighted by molar-refractivity contribution is 6.36. The van der Waals surface area contributed by atoms with Crippen molar-refractivity contribution in [1.82, 2.24) is 9.61 Å². The number of fused-ring (bicyclic) bond motifs is 1. The average Bonchev–Trinajstić information content (AvgIpc) is 2.91. The highest BCUT2D eigenvalue weighted by Crippen LogP contribution is 2.33. The maximum Gasteiger partial charge on any atom is 0.0903 e. The van der Waals surface area contributed by atoms with Gasteiger partial charge in [0.05, 0.1) is 46.9 Å². The van der Waals surface area contributed by atoms with E-state index in [-0.39, 0.29) is 6.04 Å². The number of nitrogens with zero attached hydrogens (tertiary/aromatic N) is 2. The normalized spacial score (nSPS) is 11.5. The van der Waals surface area contributed by atoms with E-state index in [2.05, 4.69) is 5.32 Å². The lowest BCUT2D eigenvalue weighted by Crippen LogP contribution is -2.29. The molecule has 0 atom stereocenters. The van der Waals surface area contributed by atoms with Crippen LogP contribution in [0.4, 0.5) is 5.69 Å². The molecule has 2 heterocycles. The number of nitrogens with one attached hydrogen (secondary N) is 1. The number of ether oxygens (including phenoxy) is 2. The van der Waals surface area contributed by atoms with Gasteiger partial charge in [-0.15, -0.1) is 0 Å². The highest BCUT2D eigenvalue weighted by atomic mass is 35.5. The van der Waals surface area contributed by atoms with E-state index in [1.165, 1.54) is 0 Å². The SMILES string of the molecule is COCC(COC)Nc1c(C)nn2c(-c3ccc(Cl)cc3Cl)cccc12. The summed E-state index contributed by atoms with van der Waals surface area (Å²) in [5.41, 5.74) is 4.58. The predicted octanol–water partition coefficient (Wildman–Crippen LogP) is 4.69. The molecule has 0 aliphatic carbocycles. The summed E-state index contributed by atoms with van der Waals surface area (Å²) in [5.74, 6) is 0. The summed E-state index contributed by atoms with van der Waals surface area (Å²) >= 11 is 12.4. The number of halogens is 2. The van der Waals surface area contributed by atoms with Crippen molar-refractivity contribution in [2.45, 2.75) is 13.0 Å². The molecule has 0 spiro atoms. The first-order valence-corrected chi connectivity index (χ1v) is 8.99. The van der Waals surface area contributed by atoms with Crippen molar-refractivity contribution in [2.24, 2.45) is 0 Å². The molecule has 0 radical (unpaired) electrons. The number of anilines is 1. The molecule has 0 saturated carbocycles. The Hall–Kier alpha value is -1.79. The number of methoxy groups -OCH3 is 2. The first-order chi connectivity index (χ1) is 12.5. The third kappa shape index (κ3) is 3.81. The summed E-state index contributed by atoms with van der Waals surface area (Å²) in [6.45, 7) is 3.04. The Morgan fingerprint density at radius 1 is 1.12 bits per heavy atom. The number of hydrogen-bond donors (Lipinski definition) is 1. The fourth-order valence-electron chi connectivity index (χ4n) is 3.00. The minimum Gasteiger partial charge on any atom is -0.382 e. The quantitative estimate of drug-likeness (QED) is 0.632. The van der Waals surface area contributed by atoms with Crippen molar-refractivity contribution < 1.29 is 9.47 Å². The van der Waals surface area contributed by atoms with E-state index in [1.54, 1.807) is 20.3 Å². The highest BCUT2D eigenvalue weighted by Gasteiger charge is 2.17. The summed E-state index contributed by atoms with van der Waals surface area (Å²) in [7, 11) is 3.35. The van der Waals surface area contributed by atoms with Crippen LogP contribution in [-0.4, -0.2) is 43.1 Å². The molecule has 1 aromatic carbocycles. The van der Waals surface area contributed by atoms with E-state index in [0.29, 0.717) is 23.3 Å². The molecule has 0 amide bonds. The van der Waals surface area contributed by atoms with Crippen LogP contribution in [0.25, 0.3) is 16.8 Å². The van der Waals surface area contributed by atoms with Crippen LogP contribution in [0.3, 0.4) is 0 Å². The zero-order chi connectivity index (χ0) is 18.7. The first kappa shape index (κ1) is 19.0. The minimum absolute atomic E-state index is 0.0273. The van der Waals surface area contributed by atoms with Gasteiger partial charge in [0.1, 0.15) is 0 Å². The molecule has 5 nitrogen and oxygen atoms in total. The number of hydrogen-bond acceptors (Lipinski definition) is 4. The lowest BCUT2D eigenvalue weighted by Gasteiger charge is -2.18. The van der Waals surface area contributed by atoms with Crippen LogP contribution in [0, 0.1) is 6.92 Å². The van der Waals surface area contributed by atoms with Gasteiger partial charge >= 0.3 is 0 Å². The minimum atomic E-state index is 0.0273. The monoisotopic (exact) mass is 393 g/mol. The van der Waals surface area contributed by atoms with Gasteiger partial charge in [-0.25, -0.2) is 4.52 Å². The van der Waals surface area contributed by atoms with E-state index in [0.717, 1.165) is 28.2 Å². The zero-order valence-electron chi connectivity index (χ0n) is 14.9. The van der Waals surface area contributed by atoms with Gasteiger partial charge in [-0.05, 0) is 37.3 Å². The van der Waals surface area contributed by atoms with Crippen molar-refractivity contribution >= 4 is 34.4 Å². The number of benzene rings is 1. The Labute approximate surface area is 162 Å². The Balaban J connectivity index is 2.07. The predicted molar refractivity (Wildman–Crippen MR) is 107 cm³/mol. The van der Waals surface area contributed by atoms with Crippen LogP contribution in [0.15, 0.2) is 36.4 Å². The van der Waals surface area contributed by atoms with Gasteiger partial charge in [-0.2, -0.15) is 5.10 Å². The molecule has 0 saturated heterocycles. The summed E-state index contributed by atoms with van der Waals surface area (Å²) < 4.78 is 12.4.